The summed E-state index contributed by atoms with van der Waals surface area (Å²) in [5.74, 6) is 0. The Morgan fingerprint density at radius 3 is 2.67 bits per heavy atom. The maximum absolute atomic E-state index is 8.98. The molecule has 0 saturated heterocycles. The molecule has 1 aromatic carbocycles. The zero-order valence-corrected chi connectivity index (χ0v) is 8.99. The highest BCUT2D eigenvalue weighted by Gasteiger charge is 2.09. The third kappa shape index (κ3) is 2.48. The van der Waals surface area contributed by atoms with E-state index in [0.717, 1.165) is 11.3 Å². The fourth-order valence-corrected chi connectivity index (χ4v) is 1.59. The Kier molecular flexibility index (Phi) is 3.71. The number of hydrogen-bond donors (Lipinski definition) is 0. The second-order valence-electron chi connectivity index (χ2n) is 3.41. The number of hydrogen-bond acceptors (Lipinski definition) is 3. The molecule has 0 amide bonds. The maximum Gasteiger partial charge on any atom is 0.101 e. The summed E-state index contributed by atoms with van der Waals surface area (Å²) in [5, 5.41) is 17.5. The van der Waals surface area contributed by atoms with Gasteiger partial charge in [0, 0.05) is 13.6 Å². The molecule has 0 aromatic heterocycles. The molecule has 0 fully saturated rings. The zero-order chi connectivity index (χ0) is 11.3. The molecule has 0 N–H and O–H groups in total. The summed E-state index contributed by atoms with van der Waals surface area (Å²) in [5.41, 5.74) is 2.65. The minimum absolute atomic E-state index is 0.468. The molecule has 0 radical (unpaired) electrons. The molecule has 0 atom stereocenters. The van der Waals surface area contributed by atoms with Gasteiger partial charge in [0.05, 0.1) is 23.7 Å². The van der Waals surface area contributed by atoms with E-state index in [1.165, 1.54) is 0 Å². The quantitative estimate of drug-likeness (QED) is 0.750. The third-order valence-corrected chi connectivity index (χ3v) is 2.30. The molecule has 0 unspecified atom stereocenters. The van der Waals surface area contributed by atoms with Gasteiger partial charge in [0.25, 0.3) is 0 Å². The summed E-state index contributed by atoms with van der Waals surface area (Å²) < 4.78 is 0. The number of para-hydroxylation sites is 1. The van der Waals surface area contributed by atoms with Gasteiger partial charge in [0.15, 0.2) is 0 Å². The predicted octanol–water partition coefficient (Wildman–Crippen LogP) is 2.22. The fraction of sp³-hybridized carbons (Fsp3) is 0.333. The second kappa shape index (κ2) is 5.02. The zero-order valence-electron chi connectivity index (χ0n) is 8.99. The number of nitrogens with zero attached hydrogens (tertiary/aromatic N) is 3. The van der Waals surface area contributed by atoms with E-state index >= 15 is 0 Å². The number of nitriles is 2. The SMILES string of the molecule is Cc1cccc(C#N)c1N(C)CCC#N. The average Bonchev–Trinajstić information content (AvgIpc) is 2.25. The molecular weight excluding hydrogens is 186 g/mol. The Morgan fingerprint density at radius 1 is 1.33 bits per heavy atom. The highest BCUT2D eigenvalue weighted by atomic mass is 15.1. The van der Waals surface area contributed by atoms with Gasteiger partial charge < -0.3 is 4.90 Å². The van der Waals surface area contributed by atoms with Crippen LogP contribution in [0.4, 0.5) is 5.69 Å². The van der Waals surface area contributed by atoms with Crippen molar-refractivity contribution in [3.63, 3.8) is 0 Å². The maximum atomic E-state index is 8.98. The Balaban J connectivity index is 3.03. The van der Waals surface area contributed by atoms with Crippen molar-refractivity contribution in [1.82, 2.24) is 0 Å². The highest BCUT2D eigenvalue weighted by Crippen LogP contribution is 2.23. The lowest BCUT2D eigenvalue weighted by molar-refractivity contribution is 0.899. The lowest BCUT2D eigenvalue weighted by atomic mass is 10.1. The van der Waals surface area contributed by atoms with Gasteiger partial charge in [-0.2, -0.15) is 10.5 Å². The molecule has 3 nitrogen and oxygen atoms in total. The van der Waals surface area contributed by atoms with E-state index in [4.69, 9.17) is 10.5 Å². The van der Waals surface area contributed by atoms with Crippen LogP contribution in [0, 0.1) is 29.6 Å². The smallest absolute Gasteiger partial charge is 0.101 e. The monoisotopic (exact) mass is 199 g/mol. The summed E-state index contributed by atoms with van der Waals surface area (Å²) in [7, 11) is 1.90. The third-order valence-electron chi connectivity index (χ3n) is 2.30. The van der Waals surface area contributed by atoms with Crippen molar-refractivity contribution in [2.45, 2.75) is 13.3 Å². The van der Waals surface area contributed by atoms with Gasteiger partial charge in [-0.25, -0.2) is 0 Å². The van der Waals surface area contributed by atoms with Crippen LogP contribution in [0.3, 0.4) is 0 Å². The van der Waals surface area contributed by atoms with E-state index in [1.807, 2.05) is 31.0 Å². The van der Waals surface area contributed by atoms with Crippen molar-refractivity contribution in [1.29, 1.82) is 10.5 Å². The van der Waals surface area contributed by atoms with Crippen LogP contribution in [0.25, 0.3) is 0 Å². The Morgan fingerprint density at radius 2 is 2.07 bits per heavy atom. The van der Waals surface area contributed by atoms with Crippen LogP contribution in [0.15, 0.2) is 18.2 Å². The minimum atomic E-state index is 0.468. The van der Waals surface area contributed by atoms with Gasteiger partial charge in [-0.3, -0.25) is 0 Å². The van der Waals surface area contributed by atoms with E-state index in [2.05, 4.69) is 12.1 Å². The molecule has 15 heavy (non-hydrogen) atoms. The highest BCUT2D eigenvalue weighted by molar-refractivity contribution is 5.63. The van der Waals surface area contributed by atoms with Crippen molar-refractivity contribution in [3.8, 4) is 12.1 Å². The largest absolute Gasteiger partial charge is 0.372 e. The van der Waals surface area contributed by atoms with Gasteiger partial charge in [-0.15, -0.1) is 0 Å². The first kappa shape index (κ1) is 11.1. The molecule has 1 rings (SSSR count). The standard InChI is InChI=1S/C12H13N3/c1-10-5-3-6-11(9-14)12(10)15(2)8-4-7-13/h3,5-6H,4,8H2,1-2H3. The average molecular weight is 199 g/mol. The molecule has 0 bridgehead atoms. The van der Waals surface area contributed by atoms with Crippen LogP contribution in [0.5, 0.6) is 0 Å². The summed E-state index contributed by atoms with van der Waals surface area (Å²) in [6.45, 7) is 2.62. The summed E-state index contributed by atoms with van der Waals surface area (Å²) >= 11 is 0. The summed E-state index contributed by atoms with van der Waals surface area (Å²) in [6.07, 6.45) is 0.468. The molecule has 0 aliphatic heterocycles. The van der Waals surface area contributed by atoms with E-state index in [1.54, 1.807) is 6.07 Å². The Hall–Kier alpha value is -2.00. The topological polar surface area (TPSA) is 50.8 Å². The fourth-order valence-electron chi connectivity index (χ4n) is 1.59. The van der Waals surface area contributed by atoms with Gasteiger partial charge in [0.2, 0.25) is 0 Å². The Labute approximate surface area is 90.2 Å². The van der Waals surface area contributed by atoms with Crippen LogP contribution in [-0.4, -0.2) is 13.6 Å². The molecule has 0 aliphatic rings. The molecule has 0 aliphatic carbocycles. The first-order chi connectivity index (χ1) is 7.20. The van der Waals surface area contributed by atoms with E-state index in [9.17, 15) is 0 Å². The van der Waals surface area contributed by atoms with Crippen molar-refractivity contribution in [2.75, 3.05) is 18.5 Å². The summed E-state index contributed by atoms with van der Waals surface area (Å²) in [4.78, 5) is 1.96. The normalized spacial score (nSPS) is 9.07. The molecule has 0 spiro atoms. The van der Waals surface area contributed by atoms with Crippen LogP contribution < -0.4 is 4.90 Å². The molecule has 1 aromatic rings. The Bertz CT molecular complexity index is 423. The summed E-state index contributed by atoms with van der Waals surface area (Å²) in [6, 6.07) is 9.91. The molecule has 76 valence electrons. The number of benzene rings is 1. The van der Waals surface area contributed by atoms with Crippen LogP contribution >= 0.6 is 0 Å². The van der Waals surface area contributed by atoms with Crippen molar-refractivity contribution in [3.05, 3.63) is 29.3 Å². The number of aryl methyl sites for hydroxylation is 1. The van der Waals surface area contributed by atoms with Gasteiger partial charge >= 0.3 is 0 Å². The molecule has 3 heteroatoms. The van der Waals surface area contributed by atoms with E-state index < -0.39 is 0 Å². The number of anilines is 1. The number of rotatable bonds is 3. The van der Waals surface area contributed by atoms with Gasteiger partial charge in [-0.05, 0) is 18.6 Å². The second-order valence-corrected chi connectivity index (χ2v) is 3.41. The van der Waals surface area contributed by atoms with Crippen molar-refractivity contribution >= 4 is 5.69 Å². The van der Waals surface area contributed by atoms with E-state index in [0.29, 0.717) is 18.5 Å². The lowest BCUT2D eigenvalue weighted by Crippen LogP contribution is -2.20. The van der Waals surface area contributed by atoms with Gasteiger partial charge in [0.1, 0.15) is 6.07 Å². The van der Waals surface area contributed by atoms with Crippen LogP contribution in [-0.2, 0) is 0 Å². The molecule has 0 saturated carbocycles. The lowest BCUT2D eigenvalue weighted by Gasteiger charge is -2.21. The van der Waals surface area contributed by atoms with Gasteiger partial charge in [-0.1, -0.05) is 12.1 Å². The van der Waals surface area contributed by atoms with Crippen LogP contribution in [0.1, 0.15) is 17.5 Å². The first-order valence-electron chi connectivity index (χ1n) is 4.78. The predicted molar refractivity (Wildman–Crippen MR) is 59.4 cm³/mol. The van der Waals surface area contributed by atoms with Crippen molar-refractivity contribution < 1.29 is 0 Å². The van der Waals surface area contributed by atoms with E-state index in [-0.39, 0.29) is 0 Å². The molecular formula is C12H13N3. The first-order valence-corrected chi connectivity index (χ1v) is 4.78. The minimum Gasteiger partial charge on any atom is -0.372 e. The van der Waals surface area contributed by atoms with Crippen LogP contribution in [0.2, 0.25) is 0 Å². The molecule has 0 heterocycles. The van der Waals surface area contributed by atoms with Crippen molar-refractivity contribution in [2.24, 2.45) is 0 Å².